The number of carbonyl (C=O) groups excluding carboxylic acids is 2. The Balaban J connectivity index is 2.08. The molecule has 1 heterocycles. The van der Waals surface area contributed by atoms with E-state index in [-0.39, 0.29) is 22.2 Å². The number of hydrogen-bond acceptors (Lipinski definition) is 7. The monoisotopic (exact) mass is 636 g/mol. The number of aryl methyl sites for hydroxylation is 1. The highest BCUT2D eigenvalue weighted by Gasteiger charge is 2.44. The molecule has 7 heteroatoms. The van der Waals surface area contributed by atoms with Gasteiger partial charge in [-0.25, -0.2) is 4.79 Å². The molecule has 0 radical (unpaired) electrons. The van der Waals surface area contributed by atoms with Crippen molar-refractivity contribution in [3.63, 3.8) is 0 Å². The molecule has 5 nitrogen and oxygen atoms in total. The average Bonchev–Trinajstić information content (AvgIpc) is 3.02. The van der Waals surface area contributed by atoms with Crippen LogP contribution in [0.15, 0.2) is 24.3 Å². The Morgan fingerprint density at radius 2 is 1.44 bits per heavy atom. The van der Waals surface area contributed by atoms with E-state index in [0.717, 1.165) is 43.6 Å². The second-order valence-electron chi connectivity index (χ2n) is 12.4. The summed E-state index contributed by atoms with van der Waals surface area (Å²) in [4.78, 5) is 24.8. The minimum absolute atomic E-state index is 0.0671. The maximum atomic E-state index is 12.5. The molecule has 1 aromatic carbocycles. The molecular formula is C36H60O5S2. The van der Waals surface area contributed by atoms with Gasteiger partial charge in [-0.15, -0.1) is 23.5 Å². The predicted molar refractivity (Wildman–Crippen MR) is 184 cm³/mol. The van der Waals surface area contributed by atoms with E-state index in [1.165, 1.54) is 69.8 Å². The molecular weight excluding hydrogens is 577 g/mol. The molecule has 0 spiro atoms. The van der Waals surface area contributed by atoms with Crippen LogP contribution in [0.5, 0.6) is 5.75 Å². The Bertz CT molecular complexity index is 884. The SMILES string of the molecule is CCCCCCCCCCCCC([C@@H](O)CC(CC)OC(=O)C(=O)CCCC)C1(CCc2ccc(O)cc2)SCCCS1. The first-order chi connectivity index (χ1) is 20.8. The van der Waals surface area contributed by atoms with Crippen molar-refractivity contribution in [1.82, 2.24) is 0 Å². The summed E-state index contributed by atoms with van der Waals surface area (Å²) in [6, 6.07) is 7.50. The molecule has 2 rings (SSSR count). The van der Waals surface area contributed by atoms with E-state index >= 15 is 0 Å². The highest BCUT2D eigenvalue weighted by molar-refractivity contribution is 8.18. The van der Waals surface area contributed by atoms with Gasteiger partial charge in [-0.2, -0.15) is 0 Å². The van der Waals surface area contributed by atoms with Crippen LogP contribution in [0.3, 0.4) is 0 Å². The molecule has 0 amide bonds. The van der Waals surface area contributed by atoms with Crippen LogP contribution in [0.2, 0.25) is 0 Å². The molecule has 0 aliphatic carbocycles. The Morgan fingerprint density at radius 3 is 2.02 bits per heavy atom. The Hall–Kier alpha value is -1.18. The summed E-state index contributed by atoms with van der Waals surface area (Å²) in [7, 11) is 0. The van der Waals surface area contributed by atoms with Gasteiger partial charge in [-0.3, -0.25) is 4.79 Å². The summed E-state index contributed by atoms with van der Waals surface area (Å²) < 4.78 is 5.54. The molecule has 246 valence electrons. The van der Waals surface area contributed by atoms with E-state index in [2.05, 4.69) is 6.92 Å². The van der Waals surface area contributed by atoms with Crippen LogP contribution >= 0.6 is 23.5 Å². The number of thioether (sulfide) groups is 2. The van der Waals surface area contributed by atoms with E-state index in [1.54, 1.807) is 12.1 Å². The number of esters is 1. The first kappa shape index (κ1) is 38.0. The van der Waals surface area contributed by atoms with E-state index in [4.69, 9.17) is 4.74 Å². The fraction of sp³-hybridized carbons (Fsp3) is 0.778. The van der Waals surface area contributed by atoms with Gasteiger partial charge in [0.15, 0.2) is 0 Å². The largest absolute Gasteiger partial charge is 0.508 e. The maximum absolute atomic E-state index is 12.5. The second kappa shape index (κ2) is 22.3. The number of hydrogen-bond donors (Lipinski definition) is 2. The van der Waals surface area contributed by atoms with Crippen LogP contribution in [-0.2, 0) is 20.7 Å². The molecule has 2 N–H and O–H groups in total. The van der Waals surface area contributed by atoms with E-state index in [9.17, 15) is 19.8 Å². The number of phenols is 1. The molecule has 1 saturated heterocycles. The van der Waals surface area contributed by atoms with Crippen LogP contribution in [0.25, 0.3) is 0 Å². The highest BCUT2D eigenvalue weighted by Crippen LogP contribution is 2.53. The van der Waals surface area contributed by atoms with E-state index in [1.807, 2.05) is 49.5 Å². The summed E-state index contributed by atoms with van der Waals surface area (Å²) in [6.45, 7) is 6.22. The minimum atomic E-state index is -0.748. The van der Waals surface area contributed by atoms with E-state index in [0.29, 0.717) is 19.3 Å². The van der Waals surface area contributed by atoms with Crippen molar-refractivity contribution in [2.45, 2.75) is 159 Å². The Labute approximate surface area is 271 Å². The van der Waals surface area contributed by atoms with Gasteiger partial charge in [0.1, 0.15) is 11.9 Å². The van der Waals surface area contributed by atoms with E-state index < -0.39 is 24.0 Å². The van der Waals surface area contributed by atoms with Gasteiger partial charge in [-0.1, -0.05) is 104 Å². The molecule has 1 fully saturated rings. The fourth-order valence-electron chi connectivity index (χ4n) is 6.06. The molecule has 1 aliphatic rings. The first-order valence-corrected chi connectivity index (χ1v) is 19.3. The number of benzene rings is 1. The summed E-state index contributed by atoms with van der Waals surface area (Å²) in [5.74, 6) is 1.31. The number of aromatic hydroxyl groups is 1. The number of unbranched alkanes of at least 4 members (excludes halogenated alkanes) is 10. The zero-order chi connectivity index (χ0) is 31.3. The van der Waals surface area contributed by atoms with Crippen LogP contribution < -0.4 is 0 Å². The second-order valence-corrected chi connectivity index (χ2v) is 15.5. The topological polar surface area (TPSA) is 83.8 Å². The summed E-state index contributed by atoms with van der Waals surface area (Å²) >= 11 is 4.01. The minimum Gasteiger partial charge on any atom is -0.508 e. The highest BCUT2D eigenvalue weighted by atomic mass is 32.2. The van der Waals surface area contributed by atoms with Gasteiger partial charge in [0, 0.05) is 18.8 Å². The van der Waals surface area contributed by atoms with Crippen LogP contribution in [0.1, 0.15) is 142 Å². The van der Waals surface area contributed by atoms with Gasteiger partial charge >= 0.3 is 5.97 Å². The van der Waals surface area contributed by atoms with Crippen molar-refractivity contribution in [3.8, 4) is 5.75 Å². The lowest BCUT2D eigenvalue weighted by Gasteiger charge is -2.45. The quantitative estimate of drug-likeness (QED) is 0.0664. The molecule has 1 aliphatic heterocycles. The lowest BCUT2D eigenvalue weighted by Crippen LogP contribution is -2.43. The molecule has 0 saturated carbocycles. The lowest BCUT2D eigenvalue weighted by molar-refractivity contribution is -0.159. The maximum Gasteiger partial charge on any atom is 0.374 e. The Kier molecular flexibility index (Phi) is 19.7. The molecule has 0 aromatic heterocycles. The summed E-state index contributed by atoms with van der Waals surface area (Å²) in [5.41, 5.74) is 1.20. The van der Waals surface area contributed by atoms with Crippen LogP contribution in [-0.4, -0.2) is 49.8 Å². The van der Waals surface area contributed by atoms with Gasteiger partial charge in [-0.05, 0) is 67.7 Å². The number of ether oxygens (including phenoxy) is 1. The van der Waals surface area contributed by atoms with Crippen LogP contribution in [0.4, 0.5) is 0 Å². The van der Waals surface area contributed by atoms with Crippen LogP contribution in [0, 0.1) is 5.92 Å². The molecule has 2 unspecified atom stereocenters. The number of phenolic OH excluding ortho intramolecular Hbond substituents is 1. The molecule has 0 bridgehead atoms. The van der Waals surface area contributed by atoms with Crippen molar-refractivity contribution in [2.75, 3.05) is 11.5 Å². The third-order valence-corrected chi connectivity index (χ3v) is 12.5. The molecule has 1 aromatic rings. The van der Waals surface area contributed by atoms with Crippen molar-refractivity contribution in [3.05, 3.63) is 29.8 Å². The van der Waals surface area contributed by atoms with Crippen molar-refractivity contribution in [2.24, 2.45) is 5.92 Å². The van der Waals surface area contributed by atoms with Crippen molar-refractivity contribution >= 4 is 35.3 Å². The molecule has 43 heavy (non-hydrogen) atoms. The number of ketones is 1. The number of aliphatic hydroxyl groups excluding tert-OH is 1. The number of Topliss-reactive ketones (excluding diaryl/α,β-unsaturated/α-hetero) is 1. The number of carbonyl (C=O) groups is 2. The van der Waals surface area contributed by atoms with Gasteiger partial charge in [0.2, 0.25) is 5.78 Å². The smallest absolute Gasteiger partial charge is 0.374 e. The average molecular weight is 637 g/mol. The molecule has 3 atom stereocenters. The standard InChI is InChI=1S/C36H60O5S2/c1-4-7-9-10-11-12-13-14-15-16-18-32(34(39)28-31(6-3)41-35(40)33(38)19-8-5-2)36(42-26-17-27-43-36)25-24-29-20-22-30(37)23-21-29/h20-23,31-32,34,37,39H,4-19,24-28H2,1-3H3/t31?,32?,34-/m0/s1. The van der Waals surface area contributed by atoms with Crippen molar-refractivity contribution < 1.29 is 24.5 Å². The van der Waals surface area contributed by atoms with Gasteiger partial charge < -0.3 is 14.9 Å². The normalized spacial score (nSPS) is 16.8. The zero-order valence-corrected chi connectivity index (χ0v) is 29.0. The predicted octanol–water partition coefficient (Wildman–Crippen LogP) is 9.65. The summed E-state index contributed by atoms with van der Waals surface area (Å²) in [6.07, 6.45) is 18.4. The Morgan fingerprint density at radius 1 is 0.860 bits per heavy atom. The number of aliphatic hydroxyl groups is 1. The zero-order valence-electron chi connectivity index (χ0n) is 27.3. The van der Waals surface area contributed by atoms with Gasteiger partial charge in [0.25, 0.3) is 0 Å². The first-order valence-electron chi connectivity index (χ1n) is 17.3. The third kappa shape index (κ3) is 14.6. The number of rotatable bonds is 24. The summed E-state index contributed by atoms with van der Waals surface area (Å²) in [5, 5.41) is 21.6. The van der Waals surface area contributed by atoms with Gasteiger partial charge in [0.05, 0.1) is 10.2 Å². The third-order valence-electron chi connectivity index (χ3n) is 8.80. The fourth-order valence-corrected chi connectivity index (χ4v) is 9.82. The lowest BCUT2D eigenvalue weighted by atomic mass is 9.85. The van der Waals surface area contributed by atoms with Crippen molar-refractivity contribution in [1.29, 1.82) is 0 Å².